The molecule has 3 aromatic rings. The van der Waals surface area contributed by atoms with Crippen LogP contribution < -0.4 is 4.74 Å². The monoisotopic (exact) mass is 396 g/mol. The Bertz CT molecular complexity index is 1040. The molecule has 28 heavy (non-hydrogen) atoms. The molecule has 9 heteroatoms. The number of nitrogens with one attached hydrogen (secondary N) is 1. The highest BCUT2D eigenvalue weighted by atomic mass is 32.2. The molecule has 2 aromatic heterocycles. The number of aromatic nitrogens is 5. The third-order valence-electron chi connectivity index (χ3n) is 5.17. The Morgan fingerprint density at radius 1 is 1.25 bits per heavy atom. The number of thioether (sulfide) groups is 1. The second-order valence-corrected chi connectivity index (χ2v) is 8.00. The van der Waals surface area contributed by atoms with Crippen LogP contribution >= 0.6 is 11.8 Å². The maximum atomic E-state index is 9.53. The number of ether oxygens (including phenoxy) is 1. The lowest BCUT2D eigenvalue weighted by Gasteiger charge is -2.22. The predicted octanol–water partition coefficient (Wildman–Crippen LogP) is 2.27. The summed E-state index contributed by atoms with van der Waals surface area (Å²) in [6.45, 7) is 0.0840. The van der Waals surface area contributed by atoms with Crippen LogP contribution in [0.1, 0.15) is 29.7 Å². The van der Waals surface area contributed by atoms with E-state index in [1.54, 1.807) is 23.5 Å². The van der Waals surface area contributed by atoms with E-state index in [1.807, 2.05) is 24.3 Å². The Morgan fingerprint density at radius 3 is 2.89 bits per heavy atom. The molecule has 1 atom stereocenters. The Hall–Kier alpha value is -2.65. The first-order valence-electron chi connectivity index (χ1n) is 9.31. The molecule has 0 bridgehead atoms. The quantitative estimate of drug-likeness (QED) is 0.686. The van der Waals surface area contributed by atoms with Crippen molar-refractivity contribution in [3.63, 3.8) is 0 Å². The number of rotatable bonds is 5. The Balaban J connectivity index is 1.60. The first-order valence-corrected chi connectivity index (χ1v) is 10.2. The fourth-order valence-electron chi connectivity index (χ4n) is 3.75. The maximum Gasteiger partial charge on any atom is 0.213 e. The average molecular weight is 396 g/mol. The predicted molar refractivity (Wildman–Crippen MR) is 106 cm³/mol. The van der Waals surface area contributed by atoms with Crippen LogP contribution in [0.4, 0.5) is 0 Å². The van der Waals surface area contributed by atoms with E-state index in [2.05, 4.69) is 20.4 Å². The van der Waals surface area contributed by atoms with Gasteiger partial charge in [-0.15, -0.1) is 10.2 Å². The van der Waals surface area contributed by atoms with Gasteiger partial charge in [0.1, 0.15) is 11.4 Å². The molecule has 3 heterocycles. The fourth-order valence-corrected chi connectivity index (χ4v) is 4.84. The number of hydrogen-bond donors (Lipinski definition) is 2. The van der Waals surface area contributed by atoms with Crippen LogP contribution in [0.15, 0.2) is 34.5 Å². The van der Waals surface area contributed by atoms with Crippen LogP contribution in [-0.4, -0.2) is 54.9 Å². The zero-order valence-electron chi connectivity index (χ0n) is 15.4. The number of aromatic amines is 1. The van der Waals surface area contributed by atoms with Crippen LogP contribution in [0.5, 0.6) is 5.75 Å². The first-order chi connectivity index (χ1) is 13.8. The van der Waals surface area contributed by atoms with Crippen LogP contribution in [0.2, 0.25) is 0 Å². The van der Waals surface area contributed by atoms with Crippen molar-refractivity contribution in [3.05, 3.63) is 41.1 Å². The molecule has 0 fully saturated rings. The normalized spacial score (nSPS) is 17.9. The Morgan fingerprint density at radius 2 is 2.11 bits per heavy atom. The van der Waals surface area contributed by atoms with Crippen LogP contribution in [0, 0.1) is 0 Å². The molecule has 2 aliphatic rings. The summed E-state index contributed by atoms with van der Waals surface area (Å²) in [5.74, 6) is 1.46. The van der Waals surface area contributed by atoms with Crippen LogP contribution in [-0.2, 0) is 12.8 Å². The minimum Gasteiger partial charge on any atom is -0.497 e. The first kappa shape index (κ1) is 17.4. The van der Waals surface area contributed by atoms with E-state index < -0.39 is 0 Å². The van der Waals surface area contributed by atoms with Gasteiger partial charge in [-0.3, -0.25) is 5.10 Å². The summed E-state index contributed by atoms with van der Waals surface area (Å²) >= 11 is 1.58. The molecule has 2 N–H and O–H groups in total. The number of aliphatic hydroxyl groups excluding tert-OH is 1. The number of methoxy groups -OCH3 is 1. The van der Waals surface area contributed by atoms with Gasteiger partial charge in [-0.25, -0.2) is 0 Å². The van der Waals surface area contributed by atoms with Gasteiger partial charge in [-0.1, -0.05) is 11.8 Å². The van der Waals surface area contributed by atoms with Crippen molar-refractivity contribution in [2.45, 2.75) is 36.1 Å². The van der Waals surface area contributed by atoms with E-state index in [4.69, 9.17) is 9.84 Å². The Labute approximate surface area is 166 Å². The molecule has 144 valence electrons. The summed E-state index contributed by atoms with van der Waals surface area (Å²) in [6, 6.07) is 7.82. The van der Waals surface area contributed by atoms with Crippen molar-refractivity contribution in [3.8, 4) is 17.3 Å². The minimum atomic E-state index is 0.00726. The minimum absolute atomic E-state index is 0.00726. The zero-order valence-corrected chi connectivity index (χ0v) is 16.2. The molecule has 0 spiro atoms. The fraction of sp³-hybridized carbons (Fsp3) is 0.368. The van der Waals surface area contributed by atoms with E-state index in [0.29, 0.717) is 12.2 Å². The van der Waals surface area contributed by atoms with Crippen LogP contribution in [0.25, 0.3) is 11.5 Å². The number of fused-ring (bicyclic) bond motifs is 2. The second kappa shape index (κ2) is 7.06. The van der Waals surface area contributed by atoms with E-state index in [0.717, 1.165) is 47.1 Å². The molecule has 0 saturated heterocycles. The topological polar surface area (TPSA) is 101 Å². The van der Waals surface area contributed by atoms with Gasteiger partial charge in [-0.05, 0) is 55.5 Å². The van der Waals surface area contributed by atoms with Crippen molar-refractivity contribution >= 4 is 17.5 Å². The third kappa shape index (κ3) is 2.82. The summed E-state index contributed by atoms with van der Waals surface area (Å²) < 4.78 is 7.05. The van der Waals surface area contributed by atoms with Gasteiger partial charge in [0.25, 0.3) is 0 Å². The number of hydrogen-bond acceptors (Lipinski definition) is 7. The molecule has 1 aliphatic carbocycles. The third-order valence-corrected chi connectivity index (χ3v) is 6.38. The van der Waals surface area contributed by atoms with Crippen molar-refractivity contribution in [1.82, 2.24) is 25.1 Å². The standard InChI is InChI=1S/C19H20N6O2S/c1-27-12-7-5-11(6-8-12)16-15(9-10-26)28-19-23-22-18(25(19)24-16)17-13-3-2-4-14(13)20-21-17/h5-8,15,26H,2-4,9-10H2,1H3,(H,20,21). The van der Waals surface area contributed by atoms with Gasteiger partial charge in [0.05, 0.1) is 18.1 Å². The summed E-state index contributed by atoms with van der Waals surface area (Å²) in [4.78, 5) is 0. The summed E-state index contributed by atoms with van der Waals surface area (Å²) in [7, 11) is 1.65. The molecular weight excluding hydrogens is 376 g/mol. The van der Waals surface area contributed by atoms with Gasteiger partial charge in [0, 0.05) is 17.9 Å². The van der Waals surface area contributed by atoms with Gasteiger partial charge in [0.2, 0.25) is 11.0 Å². The summed E-state index contributed by atoms with van der Waals surface area (Å²) in [5, 5.41) is 31.5. The van der Waals surface area contributed by atoms with Crippen molar-refractivity contribution in [1.29, 1.82) is 0 Å². The lowest BCUT2D eigenvalue weighted by Crippen LogP contribution is -2.25. The largest absolute Gasteiger partial charge is 0.497 e. The summed E-state index contributed by atoms with van der Waals surface area (Å²) in [6.07, 6.45) is 3.75. The number of H-pyrrole nitrogens is 1. The zero-order chi connectivity index (χ0) is 19.1. The Kier molecular flexibility index (Phi) is 4.40. The number of nitrogens with zero attached hydrogens (tertiary/aromatic N) is 5. The van der Waals surface area contributed by atoms with Gasteiger partial charge < -0.3 is 9.84 Å². The molecule has 0 amide bonds. The highest BCUT2D eigenvalue weighted by molar-refractivity contribution is 8.00. The average Bonchev–Trinajstić information content (AvgIpc) is 3.43. The molecule has 0 radical (unpaired) electrons. The van der Waals surface area contributed by atoms with Crippen molar-refractivity contribution < 1.29 is 9.84 Å². The molecule has 1 aromatic carbocycles. The molecule has 5 rings (SSSR count). The molecular formula is C19H20N6O2S. The SMILES string of the molecule is COc1ccc(C2=Nn3c(nnc3-c3n[nH]c4c3CCC4)SC2CCO)cc1. The molecule has 8 nitrogen and oxygen atoms in total. The lowest BCUT2D eigenvalue weighted by molar-refractivity contribution is 0.292. The lowest BCUT2D eigenvalue weighted by atomic mass is 10.1. The molecule has 1 unspecified atom stereocenters. The van der Waals surface area contributed by atoms with E-state index in [1.165, 1.54) is 11.3 Å². The van der Waals surface area contributed by atoms with Crippen molar-refractivity contribution in [2.24, 2.45) is 5.10 Å². The second-order valence-electron chi connectivity index (χ2n) is 6.83. The maximum absolute atomic E-state index is 9.53. The van der Waals surface area contributed by atoms with E-state index in [-0.39, 0.29) is 11.9 Å². The molecule has 0 saturated carbocycles. The smallest absolute Gasteiger partial charge is 0.213 e. The van der Waals surface area contributed by atoms with Gasteiger partial charge >= 0.3 is 0 Å². The molecule has 1 aliphatic heterocycles. The highest BCUT2D eigenvalue weighted by Gasteiger charge is 2.31. The van der Waals surface area contributed by atoms with Crippen LogP contribution in [0.3, 0.4) is 0 Å². The number of aryl methyl sites for hydroxylation is 1. The van der Waals surface area contributed by atoms with Crippen molar-refractivity contribution in [2.75, 3.05) is 13.7 Å². The van der Waals surface area contributed by atoms with E-state index >= 15 is 0 Å². The van der Waals surface area contributed by atoms with E-state index in [9.17, 15) is 5.11 Å². The summed E-state index contributed by atoms with van der Waals surface area (Å²) in [5.41, 5.74) is 5.13. The number of benzene rings is 1. The number of aliphatic hydroxyl groups is 1. The van der Waals surface area contributed by atoms with Gasteiger partial charge in [-0.2, -0.15) is 14.9 Å². The van der Waals surface area contributed by atoms with Gasteiger partial charge in [0.15, 0.2) is 0 Å². The highest BCUT2D eigenvalue weighted by Crippen LogP contribution is 2.36.